The number of benzene rings is 3. The SMILES string of the molecule is CC(C)NC(=O)[C@@H](Cc1ccccc1)N(Cc1ccccc1)C(=O)CN(C)S(=O)(=O)c1ccc(Cl)cc1. The van der Waals surface area contributed by atoms with Crippen LogP contribution in [-0.4, -0.2) is 55.1 Å². The molecule has 196 valence electrons. The Kier molecular flexibility index (Phi) is 9.86. The molecule has 2 amide bonds. The summed E-state index contributed by atoms with van der Waals surface area (Å²) in [7, 11) is -2.60. The number of carbonyl (C=O) groups excluding carboxylic acids is 2. The van der Waals surface area contributed by atoms with Crippen molar-refractivity contribution < 1.29 is 18.0 Å². The van der Waals surface area contributed by atoms with Crippen molar-refractivity contribution in [2.24, 2.45) is 0 Å². The number of carbonyl (C=O) groups is 2. The van der Waals surface area contributed by atoms with Gasteiger partial charge in [-0.3, -0.25) is 9.59 Å². The summed E-state index contributed by atoms with van der Waals surface area (Å²) in [6.07, 6.45) is 0.283. The van der Waals surface area contributed by atoms with Crippen molar-refractivity contribution >= 4 is 33.4 Å². The second kappa shape index (κ2) is 12.9. The molecule has 0 saturated carbocycles. The fourth-order valence-corrected chi connectivity index (χ4v) is 5.11. The normalized spacial score (nSPS) is 12.4. The van der Waals surface area contributed by atoms with Crippen molar-refractivity contribution in [2.45, 2.75) is 43.8 Å². The summed E-state index contributed by atoms with van der Waals surface area (Å²) in [6.45, 7) is 3.43. The molecule has 3 rings (SSSR count). The van der Waals surface area contributed by atoms with E-state index < -0.39 is 28.5 Å². The highest BCUT2D eigenvalue weighted by Gasteiger charge is 2.33. The van der Waals surface area contributed by atoms with Crippen LogP contribution in [0.4, 0.5) is 0 Å². The van der Waals surface area contributed by atoms with E-state index in [9.17, 15) is 18.0 Å². The van der Waals surface area contributed by atoms with E-state index >= 15 is 0 Å². The van der Waals surface area contributed by atoms with Crippen LogP contribution < -0.4 is 5.32 Å². The van der Waals surface area contributed by atoms with Gasteiger partial charge in [0.15, 0.2) is 0 Å². The standard InChI is InChI=1S/C28H32ClN3O4S/c1-21(2)30-28(34)26(18-22-10-6-4-7-11-22)32(19-23-12-8-5-9-13-23)27(33)20-31(3)37(35,36)25-16-14-24(29)15-17-25/h4-17,21,26H,18-20H2,1-3H3,(H,30,34)/t26-/m1/s1. The molecule has 0 bridgehead atoms. The van der Waals surface area contributed by atoms with E-state index in [1.54, 1.807) is 0 Å². The van der Waals surface area contributed by atoms with Crippen LogP contribution >= 0.6 is 11.6 Å². The van der Waals surface area contributed by atoms with Gasteiger partial charge < -0.3 is 10.2 Å². The van der Waals surface area contributed by atoms with E-state index in [4.69, 9.17) is 11.6 Å². The first-order valence-corrected chi connectivity index (χ1v) is 13.8. The largest absolute Gasteiger partial charge is 0.352 e. The van der Waals surface area contributed by atoms with Crippen LogP contribution in [-0.2, 0) is 32.6 Å². The molecular formula is C28H32ClN3O4S. The molecule has 0 aliphatic carbocycles. The van der Waals surface area contributed by atoms with E-state index in [2.05, 4.69) is 5.32 Å². The summed E-state index contributed by atoms with van der Waals surface area (Å²) in [4.78, 5) is 28.6. The third-order valence-electron chi connectivity index (χ3n) is 5.78. The predicted octanol–water partition coefficient (Wildman–Crippen LogP) is 4.13. The molecule has 0 unspecified atom stereocenters. The monoisotopic (exact) mass is 541 g/mol. The zero-order valence-corrected chi connectivity index (χ0v) is 22.7. The molecule has 0 saturated heterocycles. The Morgan fingerprint density at radius 3 is 1.95 bits per heavy atom. The maximum atomic E-state index is 13.7. The summed E-state index contributed by atoms with van der Waals surface area (Å²) in [5, 5.41) is 3.33. The van der Waals surface area contributed by atoms with Crippen LogP contribution in [0.5, 0.6) is 0 Å². The zero-order chi connectivity index (χ0) is 27.0. The Morgan fingerprint density at radius 1 is 0.865 bits per heavy atom. The molecule has 1 N–H and O–H groups in total. The van der Waals surface area contributed by atoms with Crippen LogP contribution in [0.2, 0.25) is 5.02 Å². The Labute approximate surface area is 224 Å². The second-order valence-electron chi connectivity index (χ2n) is 9.09. The number of sulfonamides is 1. The molecule has 0 fully saturated rings. The van der Waals surface area contributed by atoms with E-state index in [1.165, 1.54) is 36.2 Å². The van der Waals surface area contributed by atoms with Crippen molar-refractivity contribution in [3.05, 3.63) is 101 Å². The zero-order valence-electron chi connectivity index (χ0n) is 21.2. The molecule has 0 heterocycles. The van der Waals surface area contributed by atoms with E-state index in [0.717, 1.165) is 15.4 Å². The minimum atomic E-state index is -3.95. The Hall–Kier alpha value is -3.20. The molecule has 0 aliphatic heterocycles. The summed E-state index contributed by atoms with van der Waals surface area (Å²) in [5.41, 5.74) is 1.72. The van der Waals surface area contributed by atoms with Crippen molar-refractivity contribution in [1.82, 2.24) is 14.5 Å². The molecule has 0 radical (unpaired) electrons. The van der Waals surface area contributed by atoms with Gasteiger partial charge in [0.25, 0.3) is 0 Å². The summed E-state index contributed by atoms with van der Waals surface area (Å²) in [6, 6.07) is 23.6. The highest BCUT2D eigenvalue weighted by molar-refractivity contribution is 7.89. The lowest BCUT2D eigenvalue weighted by atomic mass is 10.0. The molecular weight excluding hydrogens is 510 g/mol. The number of amides is 2. The first-order chi connectivity index (χ1) is 17.6. The van der Waals surface area contributed by atoms with Crippen LogP contribution in [0.3, 0.4) is 0 Å². The van der Waals surface area contributed by atoms with Crippen molar-refractivity contribution in [2.75, 3.05) is 13.6 Å². The van der Waals surface area contributed by atoms with Crippen LogP contribution in [0.1, 0.15) is 25.0 Å². The number of hydrogen-bond donors (Lipinski definition) is 1. The first kappa shape index (κ1) is 28.4. The van der Waals surface area contributed by atoms with Crippen LogP contribution in [0.15, 0.2) is 89.8 Å². The maximum absolute atomic E-state index is 13.7. The summed E-state index contributed by atoms with van der Waals surface area (Å²) < 4.78 is 27.3. The number of halogens is 1. The van der Waals surface area contributed by atoms with Crippen molar-refractivity contribution in [3.8, 4) is 0 Å². The lowest BCUT2D eigenvalue weighted by Gasteiger charge is -2.33. The molecule has 3 aromatic carbocycles. The number of nitrogens with zero attached hydrogens (tertiary/aromatic N) is 2. The molecule has 0 aromatic heterocycles. The Balaban J connectivity index is 1.95. The van der Waals surface area contributed by atoms with Gasteiger partial charge in [0.1, 0.15) is 6.04 Å². The number of rotatable bonds is 11. The van der Waals surface area contributed by atoms with Crippen LogP contribution in [0.25, 0.3) is 0 Å². The molecule has 37 heavy (non-hydrogen) atoms. The average Bonchev–Trinajstić information content (AvgIpc) is 2.87. The quantitative estimate of drug-likeness (QED) is 0.395. The Morgan fingerprint density at radius 2 is 1.41 bits per heavy atom. The molecule has 3 aromatic rings. The topological polar surface area (TPSA) is 86.8 Å². The summed E-state index contributed by atoms with van der Waals surface area (Å²) >= 11 is 5.90. The lowest BCUT2D eigenvalue weighted by Crippen LogP contribution is -2.53. The number of likely N-dealkylation sites (N-methyl/N-ethyl adjacent to an activating group) is 1. The van der Waals surface area contributed by atoms with E-state index in [0.29, 0.717) is 5.02 Å². The molecule has 0 spiro atoms. The fourth-order valence-electron chi connectivity index (χ4n) is 3.87. The lowest BCUT2D eigenvalue weighted by molar-refractivity contribution is -0.141. The average molecular weight is 542 g/mol. The number of hydrogen-bond acceptors (Lipinski definition) is 4. The van der Waals surface area contributed by atoms with Crippen LogP contribution in [0, 0.1) is 0 Å². The third kappa shape index (κ3) is 7.89. The molecule has 1 atom stereocenters. The molecule has 0 aliphatic rings. The van der Waals surface area contributed by atoms with Gasteiger partial charge in [-0.25, -0.2) is 8.42 Å². The van der Waals surface area contributed by atoms with Gasteiger partial charge in [-0.15, -0.1) is 0 Å². The minimum absolute atomic E-state index is 0.0280. The molecule has 7 nitrogen and oxygen atoms in total. The minimum Gasteiger partial charge on any atom is -0.352 e. The highest BCUT2D eigenvalue weighted by Crippen LogP contribution is 2.19. The van der Waals surface area contributed by atoms with Gasteiger partial charge in [0.05, 0.1) is 11.4 Å². The van der Waals surface area contributed by atoms with Gasteiger partial charge in [-0.1, -0.05) is 72.3 Å². The van der Waals surface area contributed by atoms with E-state index in [-0.39, 0.29) is 29.8 Å². The van der Waals surface area contributed by atoms with Gasteiger partial charge in [-0.05, 0) is 49.2 Å². The fraction of sp³-hybridized carbons (Fsp3) is 0.286. The number of nitrogens with one attached hydrogen (secondary N) is 1. The van der Waals surface area contributed by atoms with Crippen molar-refractivity contribution in [3.63, 3.8) is 0 Å². The summed E-state index contributed by atoms with van der Waals surface area (Å²) in [5.74, 6) is -0.782. The van der Waals surface area contributed by atoms with Gasteiger partial charge in [-0.2, -0.15) is 4.31 Å². The van der Waals surface area contributed by atoms with E-state index in [1.807, 2.05) is 74.5 Å². The molecule has 9 heteroatoms. The van der Waals surface area contributed by atoms with Gasteiger partial charge in [0, 0.05) is 31.1 Å². The van der Waals surface area contributed by atoms with Gasteiger partial charge >= 0.3 is 0 Å². The maximum Gasteiger partial charge on any atom is 0.243 e. The van der Waals surface area contributed by atoms with Gasteiger partial charge in [0.2, 0.25) is 21.8 Å². The Bertz CT molecular complexity index is 1280. The third-order valence-corrected chi connectivity index (χ3v) is 7.85. The highest BCUT2D eigenvalue weighted by atomic mass is 35.5. The second-order valence-corrected chi connectivity index (χ2v) is 11.6. The van der Waals surface area contributed by atoms with Crippen molar-refractivity contribution in [1.29, 1.82) is 0 Å². The predicted molar refractivity (Wildman–Crippen MR) is 145 cm³/mol. The first-order valence-electron chi connectivity index (χ1n) is 12.0. The smallest absolute Gasteiger partial charge is 0.243 e.